The van der Waals surface area contributed by atoms with Crippen molar-refractivity contribution in [1.29, 1.82) is 0 Å². The van der Waals surface area contributed by atoms with Gasteiger partial charge in [-0.1, -0.05) is 11.6 Å². The van der Waals surface area contributed by atoms with E-state index < -0.39 is 0 Å². The normalized spacial score (nSPS) is 19.1. The molecule has 0 spiro atoms. The first-order valence-corrected chi connectivity index (χ1v) is 8.33. The van der Waals surface area contributed by atoms with E-state index in [-0.39, 0.29) is 18.7 Å². The van der Waals surface area contributed by atoms with E-state index in [1.165, 1.54) is 0 Å². The highest BCUT2D eigenvalue weighted by Crippen LogP contribution is 2.39. The van der Waals surface area contributed by atoms with Crippen LogP contribution in [0, 0.1) is 6.92 Å². The van der Waals surface area contributed by atoms with Crippen LogP contribution in [-0.4, -0.2) is 33.9 Å². The molecule has 2 aliphatic heterocycles. The molecule has 0 aliphatic carbocycles. The lowest BCUT2D eigenvalue weighted by Crippen LogP contribution is -2.30. The van der Waals surface area contributed by atoms with Crippen LogP contribution in [0.25, 0.3) is 0 Å². The molecular formula is C17H18ClN3O3. The van der Waals surface area contributed by atoms with Crippen LogP contribution in [0.15, 0.2) is 18.2 Å². The van der Waals surface area contributed by atoms with Gasteiger partial charge in [0.1, 0.15) is 5.15 Å². The Morgan fingerprint density at radius 3 is 2.88 bits per heavy atom. The highest BCUT2D eigenvalue weighted by atomic mass is 35.5. The first-order chi connectivity index (χ1) is 11.6. The lowest BCUT2D eigenvalue weighted by Gasteiger charge is -2.25. The largest absolute Gasteiger partial charge is 0.454 e. The van der Waals surface area contributed by atoms with Crippen molar-refractivity contribution in [2.45, 2.75) is 25.8 Å². The first-order valence-electron chi connectivity index (χ1n) is 7.96. The molecule has 1 saturated heterocycles. The monoisotopic (exact) mass is 347 g/mol. The van der Waals surface area contributed by atoms with Gasteiger partial charge in [-0.05, 0) is 38.0 Å². The summed E-state index contributed by atoms with van der Waals surface area (Å²) in [5, 5.41) is 4.98. The molecule has 3 heterocycles. The Balaban J connectivity index is 1.66. The van der Waals surface area contributed by atoms with E-state index >= 15 is 0 Å². The number of benzene rings is 1. The van der Waals surface area contributed by atoms with Crippen molar-refractivity contribution in [2.24, 2.45) is 7.05 Å². The second-order valence-electron chi connectivity index (χ2n) is 6.14. The van der Waals surface area contributed by atoms with Gasteiger partial charge >= 0.3 is 0 Å². The van der Waals surface area contributed by atoms with Crippen LogP contribution in [-0.2, 0) is 7.05 Å². The second-order valence-corrected chi connectivity index (χ2v) is 6.50. The summed E-state index contributed by atoms with van der Waals surface area (Å²) in [5.41, 5.74) is 2.42. The average molecular weight is 348 g/mol. The lowest BCUT2D eigenvalue weighted by atomic mass is 10.0. The van der Waals surface area contributed by atoms with Crippen molar-refractivity contribution in [3.63, 3.8) is 0 Å². The number of amides is 1. The van der Waals surface area contributed by atoms with Gasteiger partial charge in [-0.2, -0.15) is 5.10 Å². The van der Waals surface area contributed by atoms with Gasteiger partial charge < -0.3 is 14.4 Å². The zero-order chi connectivity index (χ0) is 16.8. The number of nitrogens with zero attached hydrogens (tertiary/aromatic N) is 3. The lowest BCUT2D eigenvalue weighted by molar-refractivity contribution is 0.0735. The average Bonchev–Trinajstić information content (AvgIpc) is 3.26. The standard InChI is InChI=1S/C17H18ClN3O3/c1-10-15(16(18)20(2)19-10)12-4-3-7-21(12)17(22)11-5-6-13-14(8-11)24-9-23-13/h5-6,8,12H,3-4,7,9H2,1-2H3/t12-/m1/s1. The highest BCUT2D eigenvalue weighted by Gasteiger charge is 2.35. The molecule has 0 saturated carbocycles. The number of ether oxygens (including phenoxy) is 2. The third-order valence-electron chi connectivity index (χ3n) is 4.66. The van der Waals surface area contributed by atoms with E-state index in [2.05, 4.69) is 5.10 Å². The van der Waals surface area contributed by atoms with Crippen molar-refractivity contribution in [3.8, 4) is 11.5 Å². The zero-order valence-electron chi connectivity index (χ0n) is 13.6. The van der Waals surface area contributed by atoms with Crippen molar-refractivity contribution < 1.29 is 14.3 Å². The fraction of sp³-hybridized carbons (Fsp3) is 0.412. The van der Waals surface area contributed by atoms with Crippen molar-refractivity contribution in [1.82, 2.24) is 14.7 Å². The minimum Gasteiger partial charge on any atom is -0.454 e. The van der Waals surface area contributed by atoms with E-state index in [9.17, 15) is 4.79 Å². The van der Waals surface area contributed by atoms with Gasteiger partial charge in [0.25, 0.3) is 5.91 Å². The van der Waals surface area contributed by atoms with Crippen LogP contribution in [0.2, 0.25) is 5.15 Å². The molecule has 0 N–H and O–H groups in total. The Labute approximate surface area is 144 Å². The Morgan fingerprint density at radius 2 is 2.12 bits per heavy atom. The molecule has 1 atom stereocenters. The third kappa shape index (κ3) is 2.33. The number of likely N-dealkylation sites (tertiary alicyclic amines) is 1. The number of aromatic nitrogens is 2. The predicted octanol–water partition coefficient (Wildman–Crippen LogP) is 3.09. The Bertz CT molecular complexity index is 818. The minimum absolute atomic E-state index is 0.0184. The Morgan fingerprint density at radius 1 is 1.33 bits per heavy atom. The van der Waals surface area contributed by atoms with Crippen molar-refractivity contribution in [2.75, 3.05) is 13.3 Å². The summed E-state index contributed by atoms with van der Waals surface area (Å²) in [4.78, 5) is 14.9. The van der Waals surface area contributed by atoms with Gasteiger partial charge in [0.2, 0.25) is 6.79 Å². The van der Waals surface area contributed by atoms with Crippen molar-refractivity contribution in [3.05, 3.63) is 40.2 Å². The van der Waals surface area contributed by atoms with Crippen LogP contribution in [0.5, 0.6) is 11.5 Å². The number of carbonyl (C=O) groups excluding carboxylic acids is 1. The third-order valence-corrected chi connectivity index (χ3v) is 5.11. The smallest absolute Gasteiger partial charge is 0.254 e. The zero-order valence-corrected chi connectivity index (χ0v) is 14.3. The number of fused-ring (bicyclic) bond motifs is 1. The summed E-state index contributed by atoms with van der Waals surface area (Å²) in [7, 11) is 1.82. The summed E-state index contributed by atoms with van der Waals surface area (Å²) in [5.74, 6) is 1.28. The fourth-order valence-electron chi connectivity index (χ4n) is 3.53. The molecule has 0 radical (unpaired) electrons. The molecule has 2 aromatic rings. The van der Waals surface area contributed by atoms with Gasteiger partial charge in [-0.25, -0.2) is 0 Å². The van der Waals surface area contributed by atoms with Crippen molar-refractivity contribution >= 4 is 17.5 Å². The summed E-state index contributed by atoms with van der Waals surface area (Å²) < 4.78 is 12.3. The molecule has 0 bridgehead atoms. The first kappa shape index (κ1) is 15.3. The van der Waals surface area contributed by atoms with Gasteiger partial charge in [0.15, 0.2) is 11.5 Å². The van der Waals surface area contributed by atoms with Crippen LogP contribution < -0.4 is 9.47 Å². The molecule has 0 unspecified atom stereocenters. The number of rotatable bonds is 2. The maximum atomic E-state index is 13.0. The van der Waals surface area contributed by atoms with E-state index in [1.54, 1.807) is 22.9 Å². The van der Waals surface area contributed by atoms with Crippen LogP contribution in [0.3, 0.4) is 0 Å². The maximum Gasteiger partial charge on any atom is 0.254 e. The molecule has 7 heteroatoms. The molecule has 24 heavy (non-hydrogen) atoms. The van der Waals surface area contributed by atoms with Crippen LogP contribution >= 0.6 is 11.6 Å². The fourth-order valence-corrected chi connectivity index (χ4v) is 3.83. The second kappa shape index (κ2) is 5.70. The molecule has 1 amide bonds. The van der Waals surface area contributed by atoms with E-state index in [1.807, 2.05) is 18.9 Å². The quantitative estimate of drug-likeness (QED) is 0.837. The molecule has 1 fully saturated rings. The molecule has 4 rings (SSSR count). The van der Waals surface area contributed by atoms with E-state index in [4.69, 9.17) is 21.1 Å². The Kier molecular flexibility index (Phi) is 3.64. The molecule has 126 valence electrons. The SMILES string of the molecule is Cc1nn(C)c(Cl)c1[C@H]1CCCN1C(=O)c1ccc2c(c1)OCO2. The highest BCUT2D eigenvalue weighted by molar-refractivity contribution is 6.30. The molecular weight excluding hydrogens is 330 g/mol. The molecule has 1 aromatic carbocycles. The number of halogens is 1. The van der Waals surface area contributed by atoms with Gasteiger partial charge in [-0.15, -0.1) is 0 Å². The van der Waals surface area contributed by atoms with Gasteiger partial charge in [-0.3, -0.25) is 9.48 Å². The predicted molar refractivity (Wildman–Crippen MR) is 88.5 cm³/mol. The van der Waals surface area contributed by atoms with Gasteiger partial charge in [0.05, 0.1) is 11.7 Å². The number of hydrogen-bond donors (Lipinski definition) is 0. The van der Waals surface area contributed by atoms with Crippen LogP contribution in [0.4, 0.5) is 0 Å². The minimum atomic E-state index is -0.0378. The molecule has 6 nitrogen and oxygen atoms in total. The van der Waals surface area contributed by atoms with Gasteiger partial charge in [0, 0.05) is 24.7 Å². The summed E-state index contributed by atoms with van der Waals surface area (Å²) in [6.07, 6.45) is 1.84. The van der Waals surface area contributed by atoms with E-state index in [0.717, 1.165) is 24.1 Å². The van der Waals surface area contributed by atoms with Crippen LogP contribution in [0.1, 0.15) is 40.5 Å². The maximum absolute atomic E-state index is 13.0. The summed E-state index contributed by atoms with van der Waals surface area (Å²) >= 11 is 6.41. The number of carbonyl (C=O) groups is 1. The molecule has 2 aliphatic rings. The Hall–Kier alpha value is -2.21. The molecule has 1 aromatic heterocycles. The number of aryl methyl sites for hydroxylation is 2. The van der Waals surface area contributed by atoms with E-state index in [0.29, 0.717) is 28.8 Å². The number of hydrogen-bond acceptors (Lipinski definition) is 4. The summed E-state index contributed by atoms with van der Waals surface area (Å²) in [6.45, 7) is 2.84. The topological polar surface area (TPSA) is 56.6 Å². The summed E-state index contributed by atoms with van der Waals surface area (Å²) in [6, 6.07) is 5.27.